The number of carbonyl (C=O) groups excluding carboxylic acids is 1. The Morgan fingerprint density at radius 2 is 1.95 bits per heavy atom. The Kier molecular flexibility index (Phi) is 8.94. The first-order valence-corrected chi connectivity index (χ1v) is 13.7. The molecule has 1 atom stereocenters. The van der Waals surface area contributed by atoms with Crippen LogP contribution in [0.2, 0.25) is 0 Å². The van der Waals surface area contributed by atoms with Gasteiger partial charge < -0.3 is 10.1 Å². The fourth-order valence-electron chi connectivity index (χ4n) is 3.71. The summed E-state index contributed by atoms with van der Waals surface area (Å²) in [5.41, 5.74) is 2.84. The van der Waals surface area contributed by atoms with E-state index in [0.717, 1.165) is 11.1 Å². The third-order valence-electron chi connectivity index (χ3n) is 5.53. The first kappa shape index (κ1) is 26.8. The first-order valence-electron chi connectivity index (χ1n) is 11.4. The van der Waals surface area contributed by atoms with Gasteiger partial charge in [-0.3, -0.25) is 9.78 Å². The average molecular weight is 545 g/mol. The topological polar surface area (TPSA) is 63.6 Å². The van der Waals surface area contributed by atoms with E-state index in [-0.39, 0.29) is 24.3 Å². The highest BCUT2D eigenvalue weighted by Gasteiger charge is 2.39. The minimum Gasteiger partial charge on any atom is -0.487 e. The summed E-state index contributed by atoms with van der Waals surface area (Å²) < 4.78 is 45.3. The van der Waals surface area contributed by atoms with Gasteiger partial charge in [0.1, 0.15) is 12.4 Å². The van der Waals surface area contributed by atoms with E-state index in [1.165, 1.54) is 6.20 Å². The number of aliphatic imine (C=N–C) groups is 1. The zero-order chi connectivity index (χ0) is 26.3. The smallest absolute Gasteiger partial charge is 0.438 e. The zero-order valence-corrected chi connectivity index (χ0v) is 21.6. The molecule has 1 aliphatic rings. The molecule has 1 aliphatic heterocycles. The van der Waals surface area contributed by atoms with Crippen LogP contribution in [0.15, 0.2) is 89.2 Å². The molecule has 3 aromatic rings. The molecule has 0 aliphatic carbocycles. The number of hydrogen-bond donors (Lipinski definition) is 2. The molecule has 1 aromatic heterocycles. The van der Waals surface area contributed by atoms with Crippen molar-refractivity contribution in [2.75, 3.05) is 12.0 Å². The van der Waals surface area contributed by atoms with Gasteiger partial charge in [0.15, 0.2) is 5.04 Å². The molecule has 37 heavy (non-hydrogen) atoms. The van der Waals surface area contributed by atoms with Crippen molar-refractivity contribution in [2.45, 2.75) is 25.2 Å². The lowest BCUT2D eigenvalue weighted by atomic mass is 9.96. The largest absolute Gasteiger partial charge is 0.487 e. The summed E-state index contributed by atoms with van der Waals surface area (Å²) in [4.78, 5) is 21.5. The second-order valence-corrected chi connectivity index (χ2v) is 10.3. The maximum atomic E-state index is 13.5. The van der Waals surface area contributed by atoms with Crippen LogP contribution in [0.3, 0.4) is 0 Å². The molecule has 4 rings (SSSR count). The van der Waals surface area contributed by atoms with E-state index in [1.807, 2.05) is 54.8 Å². The quantitative estimate of drug-likeness (QED) is 0.288. The maximum Gasteiger partial charge on any atom is 0.438 e. The normalized spacial score (nSPS) is 14.1. The van der Waals surface area contributed by atoms with Crippen molar-refractivity contribution in [1.82, 2.24) is 10.3 Å². The fourth-order valence-corrected chi connectivity index (χ4v) is 5.14. The Labute approximate surface area is 221 Å². The summed E-state index contributed by atoms with van der Waals surface area (Å²) in [6.45, 7) is 0.285. The summed E-state index contributed by atoms with van der Waals surface area (Å²) in [5.74, 6) is 0.947. The van der Waals surface area contributed by atoms with Crippen LogP contribution in [0.25, 0.3) is 11.1 Å². The van der Waals surface area contributed by atoms with Crippen LogP contribution in [-0.2, 0) is 6.61 Å². The minimum absolute atomic E-state index is 0.0265. The molecule has 0 spiro atoms. The molecule has 1 N–H and O–H groups in total. The van der Waals surface area contributed by atoms with Crippen LogP contribution < -0.4 is 10.1 Å². The number of aromatic nitrogens is 1. The summed E-state index contributed by atoms with van der Waals surface area (Å²) in [6.07, 6.45) is 2.42. The van der Waals surface area contributed by atoms with Crippen molar-refractivity contribution < 1.29 is 22.7 Å². The molecule has 1 amide bonds. The van der Waals surface area contributed by atoms with Gasteiger partial charge in [-0.05, 0) is 59.4 Å². The van der Waals surface area contributed by atoms with Crippen molar-refractivity contribution in [3.63, 3.8) is 0 Å². The number of nitrogens with one attached hydrogen (secondary N) is 1. The molecule has 10 heteroatoms. The van der Waals surface area contributed by atoms with E-state index in [2.05, 4.69) is 15.3 Å². The molecular weight excluding hydrogens is 519 g/mol. The van der Waals surface area contributed by atoms with Gasteiger partial charge in [-0.25, -0.2) is 4.99 Å². The number of amides is 1. The van der Waals surface area contributed by atoms with Crippen LogP contribution in [0.5, 0.6) is 5.75 Å². The van der Waals surface area contributed by atoms with E-state index >= 15 is 0 Å². The monoisotopic (exact) mass is 544 g/mol. The Morgan fingerprint density at radius 1 is 1.14 bits per heavy atom. The highest BCUT2D eigenvalue weighted by molar-refractivity contribution is 8.17. The van der Waals surface area contributed by atoms with Crippen molar-refractivity contribution in [3.05, 3.63) is 95.3 Å². The van der Waals surface area contributed by atoms with E-state index in [4.69, 9.17) is 4.74 Å². The number of thioether (sulfide) groups is 1. The average Bonchev–Trinajstić information content (AvgIpc) is 3.42. The van der Waals surface area contributed by atoms with Crippen LogP contribution in [0.1, 0.15) is 22.3 Å². The molecule has 5 nitrogen and oxygen atoms in total. The zero-order valence-electron chi connectivity index (χ0n) is 19.9. The maximum absolute atomic E-state index is 13.5. The Morgan fingerprint density at radius 3 is 2.62 bits per heavy atom. The van der Waals surface area contributed by atoms with E-state index < -0.39 is 17.3 Å². The van der Waals surface area contributed by atoms with E-state index in [1.54, 1.807) is 36.3 Å². The molecule has 193 valence electrons. The highest BCUT2D eigenvalue weighted by Crippen LogP contribution is 2.37. The number of benzene rings is 2. The molecule has 2 heterocycles. The molecule has 0 fully saturated rings. The summed E-state index contributed by atoms with van der Waals surface area (Å²) in [5, 5.41) is 2.10. The Balaban J connectivity index is 1.57. The van der Waals surface area contributed by atoms with Gasteiger partial charge >= 0.3 is 6.18 Å². The van der Waals surface area contributed by atoms with Crippen molar-refractivity contribution in [1.29, 1.82) is 0 Å². The van der Waals surface area contributed by atoms with Crippen LogP contribution >= 0.6 is 23.5 Å². The van der Waals surface area contributed by atoms with Gasteiger partial charge in [0.2, 0.25) is 0 Å². The minimum atomic E-state index is -4.50. The molecular formula is C27H25F3N3O2S2. The third kappa shape index (κ3) is 7.17. The Hall–Kier alpha value is -3.24. The number of nitrogens with zero attached hydrogens (tertiary/aromatic N) is 2. The number of hydrogen-bond acceptors (Lipinski definition) is 5. The number of rotatable bonds is 10. The lowest BCUT2D eigenvalue weighted by Crippen LogP contribution is -2.36. The third-order valence-corrected chi connectivity index (χ3v) is 7.44. The van der Waals surface area contributed by atoms with Crippen LogP contribution in [0.4, 0.5) is 13.2 Å². The number of ether oxygens (including phenoxy) is 1. The molecule has 1 radical (unpaired) electrons. The Bertz CT molecular complexity index is 1280. The van der Waals surface area contributed by atoms with Crippen LogP contribution in [-0.4, -0.2) is 40.2 Å². The number of alkyl halides is 3. The summed E-state index contributed by atoms with van der Waals surface area (Å²) in [7, 11) is 0. The number of halogens is 3. The van der Waals surface area contributed by atoms with Crippen molar-refractivity contribution >= 4 is 34.5 Å². The van der Waals surface area contributed by atoms with E-state index in [9.17, 15) is 18.0 Å². The highest BCUT2D eigenvalue weighted by atomic mass is 32.2. The van der Waals surface area contributed by atoms with Gasteiger partial charge in [-0.15, -0.1) is 11.8 Å². The molecule has 1 unspecified atom stereocenters. The van der Waals surface area contributed by atoms with Gasteiger partial charge in [0, 0.05) is 22.9 Å². The number of carbonyl (C=O) groups is 1. The van der Waals surface area contributed by atoms with Gasteiger partial charge in [0.25, 0.3) is 5.91 Å². The van der Waals surface area contributed by atoms with Gasteiger partial charge in [-0.2, -0.15) is 24.9 Å². The number of thiol groups is 1. The van der Waals surface area contributed by atoms with E-state index in [0.29, 0.717) is 34.0 Å². The van der Waals surface area contributed by atoms with Crippen molar-refractivity contribution in [3.8, 4) is 16.9 Å². The lowest BCUT2D eigenvalue weighted by molar-refractivity contribution is -0.0553. The number of pyridine rings is 1. The first-order chi connectivity index (χ1) is 17.8. The SMILES string of the molecule is CSCCC(NC(=O)c1ccc(COc2cccnc2)cc1-c1ccccc1)C1=CN=C(C(F)(F)F)[SH]1. The van der Waals surface area contributed by atoms with Gasteiger partial charge in [-0.1, -0.05) is 36.4 Å². The summed E-state index contributed by atoms with van der Waals surface area (Å²) >= 11 is 1.54. The molecule has 2 aromatic carbocycles. The summed E-state index contributed by atoms with van der Waals surface area (Å²) in [6, 6.07) is 17.9. The van der Waals surface area contributed by atoms with Crippen LogP contribution in [0, 0.1) is 0 Å². The standard InChI is InChI=1S/C27H25F3N3O2S2/c1-36-13-11-23(24-16-32-26(37-24)27(28,29)30)33-25(34)21-10-9-18(17-35-20-8-5-12-31-15-20)14-22(21)19-6-3-2-4-7-19/h2-10,12,14-16,23,37H,11,13,17H2,1H3,(H,33,34). The predicted molar refractivity (Wildman–Crippen MR) is 145 cm³/mol. The molecule has 0 bridgehead atoms. The lowest BCUT2D eigenvalue weighted by Gasteiger charge is -2.21. The second kappa shape index (κ2) is 12.3. The van der Waals surface area contributed by atoms with Gasteiger partial charge in [0.05, 0.1) is 12.2 Å². The predicted octanol–water partition coefficient (Wildman–Crippen LogP) is 6.46. The molecule has 0 saturated heterocycles. The molecule has 0 saturated carbocycles. The fraction of sp³-hybridized carbons (Fsp3) is 0.222. The second-order valence-electron chi connectivity index (χ2n) is 8.15. The van der Waals surface area contributed by atoms with Crippen molar-refractivity contribution in [2.24, 2.45) is 4.99 Å².